The number of nitriles is 1. The van der Waals surface area contributed by atoms with Crippen LogP contribution in [0.4, 0.5) is 11.4 Å². The zero-order valence-corrected chi connectivity index (χ0v) is 16.6. The van der Waals surface area contributed by atoms with Gasteiger partial charge in [0.25, 0.3) is 0 Å². The van der Waals surface area contributed by atoms with E-state index in [1.54, 1.807) is 6.20 Å². The van der Waals surface area contributed by atoms with Gasteiger partial charge in [-0.1, -0.05) is 30.3 Å². The quantitative estimate of drug-likeness (QED) is 0.643. The summed E-state index contributed by atoms with van der Waals surface area (Å²) >= 11 is 0. The van der Waals surface area contributed by atoms with Crippen LogP contribution in [0.2, 0.25) is 0 Å². The van der Waals surface area contributed by atoms with E-state index in [0.717, 1.165) is 33.8 Å². The first-order chi connectivity index (χ1) is 14.2. The number of rotatable bonds is 4. The van der Waals surface area contributed by atoms with Gasteiger partial charge in [0.1, 0.15) is 0 Å². The first kappa shape index (κ1) is 18.5. The third-order valence-electron chi connectivity index (χ3n) is 5.00. The predicted octanol–water partition coefficient (Wildman–Crippen LogP) is 4.96. The smallest absolute Gasteiger partial charge is 0.0998 e. The Labute approximate surface area is 171 Å². The second-order valence-corrected chi connectivity index (χ2v) is 7.17. The van der Waals surface area contributed by atoms with E-state index in [1.165, 1.54) is 0 Å². The zero-order valence-electron chi connectivity index (χ0n) is 16.6. The highest BCUT2D eigenvalue weighted by Crippen LogP contribution is 2.33. The van der Waals surface area contributed by atoms with Crippen LogP contribution in [0.5, 0.6) is 0 Å². The molecule has 0 spiro atoms. The SMILES string of the molecule is CN(C)c1cccc(N2C=C(c3ccccn3)C=C(c3ccccc3C#N)C2)c1. The third kappa shape index (κ3) is 3.90. The van der Waals surface area contributed by atoms with Gasteiger partial charge in [-0.25, -0.2) is 0 Å². The van der Waals surface area contributed by atoms with Gasteiger partial charge in [0.15, 0.2) is 0 Å². The molecule has 0 saturated carbocycles. The molecule has 1 aliphatic rings. The maximum Gasteiger partial charge on any atom is 0.0998 e. The monoisotopic (exact) mass is 378 g/mol. The molecule has 4 rings (SSSR count). The Morgan fingerprint density at radius 3 is 2.59 bits per heavy atom. The molecule has 1 aromatic heterocycles. The van der Waals surface area contributed by atoms with Crippen molar-refractivity contribution in [3.63, 3.8) is 0 Å². The molecule has 0 bridgehead atoms. The molecular weight excluding hydrogens is 356 g/mol. The molecule has 0 N–H and O–H groups in total. The average molecular weight is 378 g/mol. The van der Waals surface area contributed by atoms with Crippen LogP contribution in [-0.4, -0.2) is 25.6 Å². The van der Waals surface area contributed by atoms with Crippen LogP contribution in [0, 0.1) is 11.3 Å². The Morgan fingerprint density at radius 1 is 1.00 bits per heavy atom. The lowest BCUT2D eigenvalue weighted by Gasteiger charge is -2.29. The summed E-state index contributed by atoms with van der Waals surface area (Å²) in [6.07, 6.45) is 6.08. The van der Waals surface area contributed by atoms with Gasteiger partial charge in [-0.15, -0.1) is 0 Å². The van der Waals surface area contributed by atoms with E-state index < -0.39 is 0 Å². The average Bonchev–Trinajstić information content (AvgIpc) is 2.79. The molecule has 0 saturated heterocycles. The van der Waals surface area contributed by atoms with E-state index in [9.17, 15) is 5.26 Å². The van der Waals surface area contributed by atoms with Crippen molar-refractivity contribution in [3.05, 3.63) is 102 Å². The summed E-state index contributed by atoms with van der Waals surface area (Å²) in [5, 5.41) is 9.59. The summed E-state index contributed by atoms with van der Waals surface area (Å²) in [5.41, 5.74) is 6.92. The van der Waals surface area contributed by atoms with Gasteiger partial charge in [-0.05, 0) is 53.6 Å². The number of anilines is 2. The number of allylic oxidation sites excluding steroid dienone is 2. The minimum Gasteiger partial charge on any atom is -0.378 e. The van der Waals surface area contributed by atoms with Crippen molar-refractivity contribution >= 4 is 22.5 Å². The number of benzene rings is 2. The molecule has 29 heavy (non-hydrogen) atoms. The second kappa shape index (κ2) is 8.04. The molecular formula is C25H22N4. The minimum absolute atomic E-state index is 0.683. The largest absolute Gasteiger partial charge is 0.378 e. The maximum atomic E-state index is 9.59. The summed E-state index contributed by atoms with van der Waals surface area (Å²) in [5.74, 6) is 0. The van der Waals surface area contributed by atoms with Gasteiger partial charge >= 0.3 is 0 Å². The fourth-order valence-corrected chi connectivity index (χ4v) is 3.48. The van der Waals surface area contributed by atoms with Crippen LogP contribution in [-0.2, 0) is 0 Å². The molecule has 0 aliphatic carbocycles. The Balaban J connectivity index is 1.82. The van der Waals surface area contributed by atoms with Crippen molar-refractivity contribution in [1.82, 2.24) is 4.98 Å². The van der Waals surface area contributed by atoms with Crippen LogP contribution in [0.1, 0.15) is 16.8 Å². The maximum absolute atomic E-state index is 9.59. The topological polar surface area (TPSA) is 43.2 Å². The number of hydrogen-bond acceptors (Lipinski definition) is 4. The van der Waals surface area contributed by atoms with E-state index >= 15 is 0 Å². The lowest BCUT2D eigenvalue weighted by molar-refractivity contribution is 1.07. The van der Waals surface area contributed by atoms with Gasteiger partial charge in [0.05, 0.1) is 17.3 Å². The summed E-state index contributed by atoms with van der Waals surface area (Å²) in [6.45, 7) is 0.686. The molecule has 3 aromatic rings. The first-order valence-corrected chi connectivity index (χ1v) is 9.53. The van der Waals surface area contributed by atoms with E-state index in [2.05, 4.69) is 57.4 Å². The van der Waals surface area contributed by atoms with Gasteiger partial charge in [-0.2, -0.15) is 5.26 Å². The molecule has 0 atom stereocenters. The minimum atomic E-state index is 0.683. The standard InChI is InChI=1S/C25H22N4/c1-28(2)22-9-7-10-23(15-22)29-17-20(24-11-4-3-8-19(24)16-26)14-21(18-29)25-12-5-6-13-27-25/h3-15,18H,17H2,1-2H3. The van der Waals surface area contributed by atoms with Gasteiger partial charge in [-0.3, -0.25) is 4.98 Å². The Kier molecular flexibility index (Phi) is 5.13. The molecule has 4 heteroatoms. The van der Waals surface area contributed by atoms with Crippen molar-refractivity contribution in [3.8, 4) is 6.07 Å². The molecule has 0 amide bonds. The Morgan fingerprint density at radius 2 is 1.83 bits per heavy atom. The first-order valence-electron chi connectivity index (χ1n) is 9.53. The molecule has 1 aliphatic heterocycles. The third-order valence-corrected chi connectivity index (χ3v) is 5.00. The zero-order chi connectivity index (χ0) is 20.2. The highest BCUT2D eigenvalue weighted by atomic mass is 15.1. The van der Waals surface area contributed by atoms with Crippen LogP contribution in [0.3, 0.4) is 0 Å². The Bertz CT molecular complexity index is 1120. The van der Waals surface area contributed by atoms with Crippen molar-refractivity contribution in [1.29, 1.82) is 5.26 Å². The number of pyridine rings is 1. The van der Waals surface area contributed by atoms with Crippen LogP contribution < -0.4 is 9.80 Å². The van der Waals surface area contributed by atoms with E-state index in [4.69, 9.17) is 0 Å². The second-order valence-electron chi connectivity index (χ2n) is 7.17. The van der Waals surface area contributed by atoms with Gasteiger partial charge in [0.2, 0.25) is 0 Å². The lowest BCUT2D eigenvalue weighted by atomic mass is 9.94. The predicted molar refractivity (Wildman–Crippen MR) is 119 cm³/mol. The molecule has 0 unspecified atom stereocenters. The van der Waals surface area contributed by atoms with Crippen molar-refractivity contribution in [2.45, 2.75) is 0 Å². The Hall–Kier alpha value is -3.84. The summed E-state index contributed by atoms with van der Waals surface area (Å²) < 4.78 is 0. The van der Waals surface area contributed by atoms with Crippen molar-refractivity contribution in [2.75, 3.05) is 30.4 Å². The van der Waals surface area contributed by atoms with Crippen LogP contribution in [0.15, 0.2) is 85.2 Å². The van der Waals surface area contributed by atoms with E-state index in [-0.39, 0.29) is 0 Å². The molecule has 4 nitrogen and oxygen atoms in total. The van der Waals surface area contributed by atoms with Crippen molar-refractivity contribution in [2.24, 2.45) is 0 Å². The van der Waals surface area contributed by atoms with Gasteiger partial charge in [0, 0.05) is 50.0 Å². The molecule has 2 aromatic carbocycles. The van der Waals surface area contributed by atoms with E-state index in [0.29, 0.717) is 12.1 Å². The van der Waals surface area contributed by atoms with Crippen LogP contribution in [0.25, 0.3) is 11.1 Å². The molecule has 142 valence electrons. The van der Waals surface area contributed by atoms with Crippen molar-refractivity contribution < 1.29 is 0 Å². The van der Waals surface area contributed by atoms with E-state index in [1.807, 2.05) is 56.6 Å². The number of nitrogens with zero attached hydrogens (tertiary/aromatic N) is 4. The molecule has 0 fully saturated rings. The van der Waals surface area contributed by atoms with Crippen LogP contribution >= 0.6 is 0 Å². The highest BCUT2D eigenvalue weighted by molar-refractivity contribution is 5.90. The number of aromatic nitrogens is 1. The highest BCUT2D eigenvalue weighted by Gasteiger charge is 2.19. The summed E-state index contributed by atoms with van der Waals surface area (Å²) in [6, 6.07) is 24.5. The summed E-state index contributed by atoms with van der Waals surface area (Å²) in [4.78, 5) is 8.85. The summed E-state index contributed by atoms with van der Waals surface area (Å²) in [7, 11) is 4.08. The number of hydrogen-bond donors (Lipinski definition) is 0. The van der Waals surface area contributed by atoms with Gasteiger partial charge < -0.3 is 9.80 Å². The fourth-order valence-electron chi connectivity index (χ4n) is 3.48. The lowest BCUT2D eigenvalue weighted by Crippen LogP contribution is -2.23. The normalized spacial score (nSPS) is 13.3. The molecule has 0 radical (unpaired) electrons. The fraction of sp³-hybridized carbons (Fsp3) is 0.120. The molecule has 2 heterocycles.